The lowest BCUT2D eigenvalue weighted by Gasteiger charge is -2.24. The number of ether oxygens (including phenoxy) is 3. The first-order valence-electron chi connectivity index (χ1n) is 13.0. The van der Waals surface area contributed by atoms with E-state index in [9.17, 15) is 9.59 Å². The van der Waals surface area contributed by atoms with Crippen LogP contribution in [0.5, 0.6) is 11.5 Å². The van der Waals surface area contributed by atoms with E-state index in [-0.39, 0.29) is 39.1 Å². The molecule has 1 fully saturated rings. The second kappa shape index (κ2) is 11.6. The van der Waals surface area contributed by atoms with Crippen molar-refractivity contribution in [2.24, 2.45) is 5.92 Å². The molecular weight excluding hydrogens is 543 g/mol. The Morgan fingerprint density at radius 3 is 2.38 bits per heavy atom. The van der Waals surface area contributed by atoms with Crippen molar-refractivity contribution in [1.82, 2.24) is 14.5 Å². The van der Waals surface area contributed by atoms with Crippen LogP contribution in [0, 0.1) is 5.92 Å². The number of benzene rings is 1. The summed E-state index contributed by atoms with van der Waals surface area (Å²) in [5.74, 6) is 0.978. The monoisotopic (exact) mass is 576 g/mol. The quantitative estimate of drug-likeness (QED) is 0.320. The Labute approximate surface area is 237 Å². The van der Waals surface area contributed by atoms with Gasteiger partial charge in [-0.15, -0.1) is 0 Å². The highest BCUT2D eigenvalue weighted by molar-refractivity contribution is 6.41. The molecule has 1 saturated carbocycles. The fourth-order valence-electron chi connectivity index (χ4n) is 5.06. The summed E-state index contributed by atoms with van der Waals surface area (Å²) in [7, 11) is 2.96. The Morgan fingerprint density at radius 1 is 1.13 bits per heavy atom. The number of carbonyl (C=O) groups is 1. The van der Waals surface area contributed by atoms with Gasteiger partial charge < -0.3 is 19.5 Å². The summed E-state index contributed by atoms with van der Waals surface area (Å²) in [6, 6.07) is 3.28. The molecule has 3 aromatic rings. The molecule has 4 rings (SSSR count). The summed E-state index contributed by atoms with van der Waals surface area (Å²) in [6.45, 7) is 7.82. The zero-order valence-electron chi connectivity index (χ0n) is 23.1. The standard InChI is InChI=1S/C28H34Cl2N4O5/c1-7-34-25-16(11-17(26(34)36)22-23(29)19(37-5)13-20(38-6)24(22)30)14-31-27(33-25)32-18-10-8-9-15(18)12-21(35)39-28(2,3)4/h11,13-15,18H,7-10,12H2,1-6H3,(H,31,32,33)/t15-,18?/m1/s1. The van der Waals surface area contributed by atoms with Crippen molar-refractivity contribution in [1.29, 1.82) is 0 Å². The van der Waals surface area contributed by atoms with Crippen LogP contribution in [0.2, 0.25) is 10.0 Å². The summed E-state index contributed by atoms with van der Waals surface area (Å²) in [5.41, 5.74) is 0.258. The highest BCUT2D eigenvalue weighted by Gasteiger charge is 2.31. The van der Waals surface area contributed by atoms with Crippen molar-refractivity contribution in [3.05, 3.63) is 38.7 Å². The Balaban J connectivity index is 1.70. The lowest BCUT2D eigenvalue weighted by molar-refractivity contribution is -0.156. The van der Waals surface area contributed by atoms with Crippen molar-refractivity contribution < 1.29 is 19.0 Å². The van der Waals surface area contributed by atoms with Crippen molar-refractivity contribution in [3.8, 4) is 22.6 Å². The number of carbonyl (C=O) groups excluding carboxylic acids is 1. The molecule has 0 radical (unpaired) electrons. The first kappa shape index (κ1) is 29.0. The normalized spacial score (nSPS) is 17.3. The highest BCUT2D eigenvalue weighted by Crippen LogP contribution is 2.45. The van der Waals surface area contributed by atoms with Gasteiger partial charge in [0.25, 0.3) is 5.56 Å². The molecule has 1 aliphatic carbocycles. The van der Waals surface area contributed by atoms with Gasteiger partial charge in [0.2, 0.25) is 5.95 Å². The van der Waals surface area contributed by atoms with E-state index in [2.05, 4.69) is 10.3 Å². The maximum absolute atomic E-state index is 13.7. The molecule has 1 aromatic carbocycles. The molecule has 0 saturated heterocycles. The van der Waals surface area contributed by atoms with Gasteiger partial charge in [-0.3, -0.25) is 14.2 Å². The van der Waals surface area contributed by atoms with Crippen LogP contribution < -0.4 is 20.3 Å². The summed E-state index contributed by atoms with van der Waals surface area (Å²) in [5, 5.41) is 4.45. The van der Waals surface area contributed by atoms with Gasteiger partial charge in [-0.25, -0.2) is 4.98 Å². The Bertz CT molecular complexity index is 1420. The number of nitrogens with one attached hydrogen (secondary N) is 1. The van der Waals surface area contributed by atoms with Crippen LogP contribution in [-0.2, 0) is 16.1 Å². The van der Waals surface area contributed by atoms with Crippen molar-refractivity contribution >= 4 is 46.2 Å². The van der Waals surface area contributed by atoms with E-state index in [4.69, 9.17) is 42.4 Å². The highest BCUT2D eigenvalue weighted by atomic mass is 35.5. The summed E-state index contributed by atoms with van der Waals surface area (Å²) < 4.78 is 17.8. The third-order valence-corrected chi connectivity index (χ3v) is 7.56. The third-order valence-electron chi connectivity index (χ3n) is 6.81. The zero-order valence-corrected chi connectivity index (χ0v) is 24.6. The molecule has 210 valence electrons. The topological polar surface area (TPSA) is 105 Å². The Kier molecular flexibility index (Phi) is 8.61. The summed E-state index contributed by atoms with van der Waals surface area (Å²) >= 11 is 13.2. The van der Waals surface area contributed by atoms with E-state index < -0.39 is 5.60 Å². The van der Waals surface area contributed by atoms with E-state index in [1.54, 1.807) is 22.9 Å². The molecule has 39 heavy (non-hydrogen) atoms. The lowest BCUT2D eigenvalue weighted by atomic mass is 9.99. The van der Waals surface area contributed by atoms with Gasteiger partial charge >= 0.3 is 5.97 Å². The Hall–Kier alpha value is -3.04. The van der Waals surface area contributed by atoms with Crippen molar-refractivity contribution in [3.63, 3.8) is 0 Å². The predicted octanol–water partition coefficient (Wildman–Crippen LogP) is 6.11. The van der Waals surface area contributed by atoms with Crippen LogP contribution in [0.1, 0.15) is 53.4 Å². The van der Waals surface area contributed by atoms with Crippen molar-refractivity contribution in [2.45, 2.75) is 71.6 Å². The minimum Gasteiger partial charge on any atom is -0.495 e. The largest absolute Gasteiger partial charge is 0.495 e. The molecule has 0 amide bonds. The lowest BCUT2D eigenvalue weighted by Crippen LogP contribution is -2.30. The Morgan fingerprint density at radius 2 is 1.79 bits per heavy atom. The van der Waals surface area contributed by atoms with Gasteiger partial charge in [0.1, 0.15) is 22.7 Å². The number of hydrogen-bond acceptors (Lipinski definition) is 8. The molecule has 2 atom stereocenters. The van der Waals surface area contributed by atoms with Gasteiger partial charge in [-0.1, -0.05) is 29.6 Å². The number of rotatable bonds is 8. The molecule has 0 spiro atoms. The molecule has 2 aromatic heterocycles. The zero-order chi connectivity index (χ0) is 28.5. The fourth-order valence-corrected chi connectivity index (χ4v) is 5.76. The van der Waals surface area contributed by atoms with Gasteiger partial charge in [0.05, 0.1) is 36.2 Å². The number of pyridine rings is 1. The molecule has 0 bridgehead atoms. The second-order valence-electron chi connectivity index (χ2n) is 10.6. The first-order chi connectivity index (χ1) is 18.5. The molecule has 11 heteroatoms. The van der Waals surface area contributed by atoms with E-state index in [1.165, 1.54) is 14.2 Å². The molecule has 1 unspecified atom stereocenters. The van der Waals surface area contributed by atoms with E-state index in [0.717, 1.165) is 19.3 Å². The van der Waals surface area contributed by atoms with Crippen LogP contribution in [0.4, 0.5) is 5.95 Å². The van der Waals surface area contributed by atoms with E-state index in [1.807, 2.05) is 27.7 Å². The van der Waals surface area contributed by atoms with Crippen LogP contribution >= 0.6 is 23.2 Å². The van der Waals surface area contributed by atoms with E-state index >= 15 is 0 Å². The number of hydrogen-bond donors (Lipinski definition) is 1. The number of halogens is 2. The van der Waals surface area contributed by atoms with Crippen molar-refractivity contribution in [2.75, 3.05) is 19.5 Å². The average molecular weight is 578 g/mol. The molecule has 2 heterocycles. The maximum Gasteiger partial charge on any atom is 0.306 e. The number of methoxy groups -OCH3 is 2. The predicted molar refractivity (Wildman–Crippen MR) is 153 cm³/mol. The number of anilines is 1. The first-order valence-corrected chi connectivity index (χ1v) is 13.7. The van der Waals surface area contributed by atoms with Gasteiger partial charge in [0.15, 0.2) is 0 Å². The molecule has 0 aliphatic heterocycles. The number of aryl methyl sites for hydroxylation is 1. The number of esters is 1. The third kappa shape index (κ3) is 6.09. The number of fused-ring (bicyclic) bond motifs is 1. The SMILES string of the molecule is CCn1c(=O)c(-c2c(Cl)c(OC)cc(OC)c2Cl)cc2cnc(NC3CCC[C@@H]3CC(=O)OC(C)(C)C)nc21. The molecule has 9 nitrogen and oxygen atoms in total. The maximum atomic E-state index is 13.7. The molecule has 1 N–H and O–H groups in total. The molecular formula is C28H34Cl2N4O5. The molecule has 1 aliphatic rings. The van der Waals surface area contributed by atoms with Crippen LogP contribution in [0.25, 0.3) is 22.2 Å². The smallest absolute Gasteiger partial charge is 0.306 e. The average Bonchev–Trinajstić information content (AvgIpc) is 3.29. The van der Waals surface area contributed by atoms with Gasteiger partial charge in [-0.05, 0) is 52.5 Å². The minimum atomic E-state index is -0.521. The van der Waals surface area contributed by atoms with Gasteiger partial charge in [-0.2, -0.15) is 4.98 Å². The number of aromatic nitrogens is 3. The fraction of sp³-hybridized carbons (Fsp3) is 0.500. The van der Waals surface area contributed by atoms with Crippen LogP contribution in [-0.4, -0.2) is 46.4 Å². The van der Waals surface area contributed by atoms with Crippen LogP contribution in [0.15, 0.2) is 23.1 Å². The van der Waals surface area contributed by atoms with Gasteiger partial charge in [0, 0.05) is 35.8 Å². The number of nitrogens with zero attached hydrogens (tertiary/aromatic N) is 3. The minimum absolute atomic E-state index is 0.0258. The summed E-state index contributed by atoms with van der Waals surface area (Å²) in [6.07, 6.45) is 4.79. The second-order valence-corrected chi connectivity index (χ2v) is 11.4. The van der Waals surface area contributed by atoms with E-state index in [0.29, 0.717) is 47.0 Å². The summed E-state index contributed by atoms with van der Waals surface area (Å²) in [4.78, 5) is 35.4. The van der Waals surface area contributed by atoms with Crippen LogP contribution in [0.3, 0.4) is 0 Å².